The summed E-state index contributed by atoms with van der Waals surface area (Å²) in [5.74, 6) is 1.28. The van der Waals surface area contributed by atoms with E-state index in [4.69, 9.17) is 0 Å². The summed E-state index contributed by atoms with van der Waals surface area (Å²) in [7, 11) is 0. The standard InChI is InChI=1S/C20H18F2N4O2S/c21-19(22)28-16-10-8-14(9-11-16)23-17(27)12-29-20-24-18(13-6-7-13)26(25-20)15-4-2-1-3-5-15/h1-5,8-11,13,19H,6-7,12H2,(H,23,27). The molecule has 1 aliphatic rings. The van der Waals surface area contributed by atoms with Crippen LogP contribution >= 0.6 is 11.8 Å². The Labute approximate surface area is 170 Å². The maximum Gasteiger partial charge on any atom is 0.387 e. The van der Waals surface area contributed by atoms with E-state index in [1.54, 1.807) is 0 Å². The van der Waals surface area contributed by atoms with E-state index < -0.39 is 6.61 Å². The molecule has 1 fully saturated rings. The number of nitrogens with zero attached hydrogens (tertiary/aromatic N) is 3. The summed E-state index contributed by atoms with van der Waals surface area (Å²) in [6, 6.07) is 15.6. The molecule has 150 valence electrons. The van der Waals surface area contributed by atoms with E-state index in [0.29, 0.717) is 16.8 Å². The van der Waals surface area contributed by atoms with Gasteiger partial charge in [-0.1, -0.05) is 30.0 Å². The molecule has 29 heavy (non-hydrogen) atoms. The van der Waals surface area contributed by atoms with E-state index in [0.717, 1.165) is 24.4 Å². The van der Waals surface area contributed by atoms with Gasteiger partial charge in [-0.05, 0) is 49.2 Å². The number of benzene rings is 2. The quantitative estimate of drug-likeness (QED) is 0.549. The van der Waals surface area contributed by atoms with Crippen LogP contribution in [0.3, 0.4) is 0 Å². The maximum atomic E-state index is 12.2. The van der Waals surface area contributed by atoms with Gasteiger partial charge in [-0.2, -0.15) is 8.78 Å². The number of amides is 1. The van der Waals surface area contributed by atoms with Crippen LogP contribution in [0.15, 0.2) is 59.8 Å². The van der Waals surface area contributed by atoms with Crippen molar-refractivity contribution >= 4 is 23.4 Å². The van der Waals surface area contributed by atoms with E-state index in [9.17, 15) is 13.6 Å². The Balaban J connectivity index is 1.37. The number of rotatable bonds is 8. The molecule has 1 saturated carbocycles. The summed E-state index contributed by atoms with van der Waals surface area (Å²) in [6.45, 7) is -2.88. The normalized spacial score (nSPS) is 13.5. The van der Waals surface area contributed by atoms with Gasteiger partial charge in [0, 0.05) is 11.6 Å². The highest BCUT2D eigenvalue weighted by molar-refractivity contribution is 7.99. The first-order valence-electron chi connectivity index (χ1n) is 9.08. The number of carbonyl (C=O) groups excluding carboxylic acids is 1. The summed E-state index contributed by atoms with van der Waals surface area (Å²) in [5, 5.41) is 7.82. The van der Waals surface area contributed by atoms with Crippen LogP contribution in [0, 0.1) is 0 Å². The van der Waals surface area contributed by atoms with Crippen molar-refractivity contribution in [2.75, 3.05) is 11.1 Å². The third-order valence-electron chi connectivity index (χ3n) is 4.25. The summed E-state index contributed by atoms with van der Waals surface area (Å²) in [6.07, 6.45) is 2.20. The number of para-hydroxylation sites is 1. The molecule has 1 aromatic heterocycles. The third kappa shape index (κ3) is 5.11. The zero-order valence-electron chi connectivity index (χ0n) is 15.3. The number of thioether (sulfide) groups is 1. The predicted octanol–water partition coefficient (Wildman–Crippen LogP) is 4.48. The Bertz CT molecular complexity index is 976. The predicted molar refractivity (Wildman–Crippen MR) is 106 cm³/mol. The summed E-state index contributed by atoms with van der Waals surface area (Å²) in [5.41, 5.74) is 1.45. The molecule has 4 rings (SSSR count). The number of aromatic nitrogens is 3. The van der Waals surface area contributed by atoms with E-state index in [1.807, 2.05) is 35.0 Å². The van der Waals surface area contributed by atoms with Gasteiger partial charge in [-0.25, -0.2) is 9.67 Å². The molecule has 1 N–H and O–H groups in total. The van der Waals surface area contributed by atoms with Gasteiger partial charge in [0.1, 0.15) is 11.6 Å². The molecule has 0 atom stereocenters. The van der Waals surface area contributed by atoms with Crippen LogP contribution in [-0.2, 0) is 4.79 Å². The first-order valence-corrected chi connectivity index (χ1v) is 10.1. The zero-order valence-corrected chi connectivity index (χ0v) is 16.1. The molecule has 9 heteroatoms. The molecule has 1 amide bonds. The summed E-state index contributed by atoms with van der Waals surface area (Å²) < 4.78 is 30.5. The SMILES string of the molecule is O=C(CSc1nc(C2CC2)n(-c2ccccc2)n1)Nc1ccc(OC(F)F)cc1. The molecular formula is C20H18F2N4O2S. The van der Waals surface area contributed by atoms with Crippen LogP contribution in [-0.4, -0.2) is 33.0 Å². The molecule has 0 unspecified atom stereocenters. The van der Waals surface area contributed by atoms with Gasteiger partial charge in [0.2, 0.25) is 11.1 Å². The number of hydrogen-bond acceptors (Lipinski definition) is 5. The number of carbonyl (C=O) groups is 1. The van der Waals surface area contributed by atoms with Crippen molar-refractivity contribution < 1.29 is 18.3 Å². The van der Waals surface area contributed by atoms with Crippen molar-refractivity contribution in [3.63, 3.8) is 0 Å². The highest BCUT2D eigenvalue weighted by atomic mass is 32.2. The fraction of sp³-hybridized carbons (Fsp3) is 0.250. The second-order valence-corrected chi connectivity index (χ2v) is 7.46. The second kappa shape index (κ2) is 8.60. The Kier molecular flexibility index (Phi) is 5.75. The van der Waals surface area contributed by atoms with Crippen LogP contribution in [0.4, 0.5) is 14.5 Å². The van der Waals surface area contributed by atoms with E-state index in [2.05, 4.69) is 20.1 Å². The minimum absolute atomic E-state index is 0.0376. The second-order valence-electron chi connectivity index (χ2n) is 6.51. The van der Waals surface area contributed by atoms with Gasteiger partial charge < -0.3 is 10.1 Å². The molecule has 1 heterocycles. The molecule has 0 spiro atoms. The smallest absolute Gasteiger partial charge is 0.387 e. The van der Waals surface area contributed by atoms with Crippen LogP contribution in [0.2, 0.25) is 0 Å². The van der Waals surface area contributed by atoms with Crippen LogP contribution in [0.25, 0.3) is 5.69 Å². The average molecular weight is 416 g/mol. The van der Waals surface area contributed by atoms with Crippen molar-refractivity contribution in [3.8, 4) is 11.4 Å². The lowest BCUT2D eigenvalue weighted by Crippen LogP contribution is -2.14. The Morgan fingerprint density at radius 2 is 1.90 bits per heavy atom. The Morgan fingerprint density at radius 1 is 1.17 bits per heavy atom. The number of halogens is 2. The van der Waals surface area contributed by atoms with Gasteiger partial charge in [-0.15, -0.1) is 5.10 Å². The van der Waals surface area contributed by atoms with E-state index in [-0.39, 0.29) is 17.4 Å². The average Bonchev–Trinajstić information content (AvgIpc) is 3.47. The molecule has 1 aliphatic carbocycles. The highest BCUT2D eigenvalue weighted by Gasteiger charge is 2.30. The van der Waals surface area contributed by atoms with Crippen LogP contribution < -0.4 is 10.1 Å². The number of hydrogen-bond donors (Lipinski definition) is 1. The Morgan fingerprint density at radius 3 is 2.55 bits per heavy atom. The first kappa shape index (κ1) is 19.4. The molecule has 6 nitrogen and oxygen atoms in total. The summed E-state index contributed by atoms with van der Waals surface area (Å²) >= 11 is 1.26. The number of alkyl halides is 2. The third-order valence-corrected chi connectivity index (χ3v) is 5.09. The molecule has 2 aromatic carbocycles. The molecular weight excluding hydrogens is 398 g/mol. The van der Waals surface area contributed by atoms with Crippen molar-refractivity contribution in [1.82, 2.24) is 14.8 Å². The largest absolute Gasteiger partial charge is 0.435 e. The van der Waals surface area contributed by atoms with Gasteiger partial charge in [-0.3, -0.25) is 4.79 Å². The Hall–Kier alpha value is -2.94. The lowest BCUT2D eigenvalue weighted by Gasteiger charge is -2.07. The van der Waals surface area contributed by atoms with Gasteiger partial charge >= 0.3 is 6.61 Å². The van der Waals surface area contributed by atoms with Gasteiger partial charge in [0.25, 0.3) is 0 Å². The van der Waals surface area contributed by atoms with Crippen molar-refractivity contribution in [3.05, 3.63) is 60.4 Å². The van der Waals surface area contributed by atoms with Gasteiger partial charge in [0.05, 0.1) is 11.4 Å². The van der Waals surface area contributed by atoms with Crippen LogP contribution in [0.5, 0.6) is 5.75 Å². The molecule has 0 radical (unpaired) electrons. The molecule has 0 saturated heterocycles. The molecule has 0 bridgehead atoms. The monoisotopic (exact) mass is 416 g/mol. The van der Waals surface area contributed by atoms with Crippen molar-refractivity contribution in [2.24, 2.45) is 0 Å². The van der Waals surface area contributed by atoms with E-state index in [1.165, 1.54) is 36.0 Å². The summed E-state index contributed by atoms with van der Waals surface area (Å²) in [4.78, 5) is 16.8. The van der Waals surface area contributed by atoms with Gasteiger partial charge in [0.15, 0.2) is 0 Å². The lowest BCUT2D eigenvalue weighted by molar-refractivity contribution is -0.113. The minimum atomic E-state index is -2.88. The first-order chi connectivity index (χ1) is 14.1. The maximum absolute atomic E-state index is 12.2. The fourth-order valence-electron chi connectivity index (χ4n) is 2.78. The highest BCUT2D eigenvalue weighted by Crippen LogP contribution is 2.40. The van der Waals surface area contributed by atoms with E-state index >= 15 is 0 Å². The van der Waals surface area contributed by atoms with Crippen molar-refractivity contribution in [2.45, 2.75) is 30.5 Å². The number of anilines is 1. The van der Waals surface area contributed by atoms with Crippen LogP contribution in [0.1, 0.15) is 24.6 Å². The lowest BCUT2D eigenvalue weighted by atomic mass is 10.3. The van der Waals surface area contributed by atoms with Crippen molar-refractivity contribution in [1.29, 1.82) is 0 Å². The minimum Gasteiger partial charge on any atom is -0.435 e. The molecule has 3 aromatic rings. The topological polar surface area (TPSA) is 69.0 Å². The number of nitrogens with one attached hydrogen (secondary N) is 1. The number of ether oxygens (including phenoxy) is 1. The zero-order chi connectivity index (χ0) is 20.2. The fourth-order valence-corrected chi connectivity index (χ4v) is 3.41. The molecule has 0 aliphatic heterocycles.